The molecule has 92 valence electrons. The molecule has 0 heterocycles. The Morgan fingerprint density at radius 3 is 2.71 bits per heavy atom. The minimum absolute atomic E-state index is 0.352. The first-order chi connectivity index (χ1) is 8.04. The predicted molar refractivity (Wildman–Crippen MR) is 68.5 cm³/mol. The number of hydrogen-bond acceptors (Lipinski definition) is 3. The van der Waals surface area contributed by atoms with Gasteiger partial charge in [-0.15, -0.1) is 0 Å². The van der Waals surface area contributed by atoms with Crippen LogP contribution in [0.4, 0.5) is 0 Å². The van der Waals surface area contributed by atoms with Crippen molar-refractivity contribution in [3.8, 4) is 0 Å². The van der Waals surface area contributed by atoms with Gasteiger partial charge in [-0.05, 0) is 25.3 Å². The molecule has 0 aliphatic carbocycles. The van der Waals surface area contributed by atoms with Gasteiger partial charge in [-0.25, -0.2) is 4.79 Å². The van der Waals surface area contributed by atoms with E-state index in [9.17, 15) is 9.59 Å². The topological polar surface area (TPSA) is 66.4 Å². The highest BCUT2D eigenvalue weighted by Crippen LogP contribution is 2.05. The predicted octanol–water partition coefficient (Wildman–Crippen LogP) is 1.54. The molecule has 1 rings (SSSR count). The molecule has 17 heavy (non-hydrogen) atoms. The van der Waals surface area contributed by atoms with Crippen molar-refractivity contribution in [2.45, 2.75) is 13.0 Å². The van der Waals surface area contributed by atoms with Gasteiger partial charge in [-0.1, -0.05) is 17.7 Å². The monoisotopic (exact) mass is 253 g/mol. The van der Waals surface area contributed by atoms with Crippen LogP contribution in [0, 0.1) is 6.92 Å². The van der Waals surface area contributed by atoms with Crippen LogP contribution in [0.5, 0.6) is 0 Å². The van der Waals surface area contributed by atoms with Gasteiger partial charge in [0.05, 0.1) is 0 Å². The van der Waals surface area contributed by atoms with Gasteiger partial charge in [0.1, 0.15) is 6.04 Å². The van der Waals surface area contributed by atoms with Crippen molar-refractivity contribution >= 4 is 23.6 Å². The summed E-state index contributed by atoms with van der Waals surface area (Å²) in [5.41, 5.74) is 1.45. The number of benzene rings is 1. The van der Waals surface area contributed by atoms with Crippen LogP contribution in [-0.4, -0.2) is 35.0 Å². The lowest BCUT2D eigenvalue weighted by atomic mass is 10.1. The van der Waals surface area contributed by atoms with Crippen LogP contribution in [0.25, 0.3) is 0 Å². The molecule has 1 atom stereocenters. The SMILES string of the molecule is CSCC(NC(=O)c1cccc(C)c1)C(=O)O. The van der Waals surface area contributed by atoms with Gasteiger partial charge >= 0.3 is 5.97 Å². The first-order valence-electron chi connectivity index (χ1n) is 5.14. The molecule has 1 unspecified atom stereocenters. The van der Waals surface area contributed by atoms with Crippen molar-refractivity contribution in [2.24, 2.45) is 0 Å². The molecular weight excluding hydrogens is 238 g/mol. The molecule has 0 fully saturated rings. The number of amides is 1. The van der Waals surface area contributed by atoms with Crippen LogP contribution in [0.15, 0.2) is 24.3 Å². The summed E-state index contributed by atoms with van der Waals surface area (Å²) in [5.74, 6) is -1.01. The number of aliphatic carboxylic acids is 1. The smallest absolute Gasteiger partial charge is 0.327 e. The summed E-state index contributed by atoms with van der Waals surface area (Å²) in [6.07, 6.45) is 1.80. The summed E-state index contributed by atoms with van der Waals surface area (Å²) < 4.78 is 0. The fraction of sp³-hybridized carbons (Fsp3) is 0.333. The lowest BCUT2D eigenvalue weighted by molar-refractivity contribution is -0.138. The molecule has 4 nitrogen and oxygen atoms in total. The van der Waals surface area contributed by atoms with E-state index in [1.54, 1.807) is 24.5 Å². The Bertz CT molecular complexity index is 420. The highest BCUT2D eigenvalue weighted by atomic mass is 32.2. The number of carboxylic acids is 1. The maximum Gasteiger partial charge on any atom is 0.327 e. The number of rotatable bonds is 5. The van der Waals surface area contributed by atoms with Gasteiger partial charge in [-0.3, -0.25) is 4.79 Å². The number of aryl methyl sites for hydroxylation is 1. The van der Waals surface area contributed by atoms with Crippen LogP contribution >= 0.6 is 11.8 Å². The zero-order valence-electron chi connectivity index (χ0n) is 9.77. The summed E-state index contributed by atoms with van der Waals surface area (Å²) in [5, 5.41) is 11.4. The minimum Gasteiger partial charge on any atom is -0.480 e. The zero-order chi connectivity index (χ0) is 12.8. The van der Waals surface area contributed by atoms with Crippen molar-refractivity contribution in [2.75, 3.05) is 12.0 Å². The summed E-state index contributed by atoms with van der Waals surface area (Å²) in [6.45, 7) is 1.88. The van der Waals surface area contributed by atoms with Crippen LogP contribution in [0.3, 0.4) is 0 Å². The Morgan fingerprint density at radius 1 is 1.47 bits per heavy atom. The Kier molecular flexibility index (Phi) is 5.03. The van der Waals surface area contributed by atoms with E-state index >= 15 is 0 Å². The Hall–Kier alpha value is -1.49. The van der Waals surface area contributed by atoms with Crippen molar-refractivity contribution in [3.63, 3.8) is 0 Å². The first kappa shape index (κ1) is 13.6. The van der Waals surface area contributed by atoms with Crippen molar-refractivity contribution < 1.29 is 14.7 Å². The molecule has 5 heteroatoms. The minimum atomic E-state index is -1.01. The second kappa shape index (κ2) is 6.30. The van der Waals surface area contributed by atoms with Gasteiger partial charge in [0.2, 0.25) is 0 Å². The number of nitrogens with one attached hydrogen (secondary N) is 1. The largest absolute Gasteiger partial charge is 0.480 e. The third-order valence-corrected chi connectivity index (χ3v) is 2.88. The van der Waals surface area contributed by atoms with Gasteiger partial charge in [0.25, 0.3) is 5.91 Å². The molecule has 1 amide bonds. The number of carbonyl (C=O) groups excluding carboxylic acids is 1. The third kappa shape index (κ3) is 4.11. The lowest BCUT2D eigenvalue weighted by Gasteiger charge is -2.13. The van der Waals surface area contributed by atoms with Gasteiger partial charge in [0, 0.05) is 11.3 Å². The van der Waals surface area contributed by atoms with Gasteiger partial charge in [-0.2, -0.15) is 11.8 Å². The number of hydrogen-bond donors (Lipinski definition) is 2. The van der Waals surface area contributed by atoms with E-state index in [1.165, 1.54) is 11.8 Å². The molecule has 2 N–H and O–H groups in total. The second-order valence-corrected chi connectivity index (χ2v) is 4.60. The molecule has 0 spiro atoms. The Balaban J connectivity index is 2.73. The van der Waals surface area contributed by atoms with E-state index in [-0.39, 0.29) is 5.91 Å². The van der Waals surface area contributed by atoms with Crippen LogP contribution in [0.2, 0.25) is 0 Å². The zero-order valence-corrected chi connectivity index (χ0v) is 10.6. The first-order valence-corrected chi connectivity index (χ1v) is 6.53. The lowest BCUT2D eigenvalue weighted by Crippen LogP contribution is -2.42. The molecule has 0 bridgehead atoms. The molecule has 0 aliphatic rings. The van der Waals surface area contributed by atoms with E-state index in [1.807, 2.05) is 13.0 Å². The molecule has 0 radical (unpaired) electrons. The highest BCUT2D eigenvalue weighted by molar-refractivity contribution is 7.98. The van der Waals surface area contributed by atoms with E-state index in [0.29, 0.717) is 11.3 Å². The van der Waals surface area contributed by atoms with Crippen molar-refractivity contribution in [3.05, 3.63) is 35.4 Å². The fourth-order valence-corrected chi connectivity index (χ4v) is 1.93. The Morgan fingerprint density at radius 2 is 2.18 bits per heavy atom. The molecule has 0 saturated heterocycles. The number of carboxylic acid groups (broad SMARTS) is 1. The second-order valence-electron chi connectivity index (χ2n) is 3.69. The average Bonchev–Trinajstić information content (AvgIpc) is 2.28. The van der Waals surface area contributed by atoms with Gasteiger partial charge < -0.3 is 10.4 Å². The Labute approximate surface area is 104 Å². The normalized spacial score (nSPS) is 11.9. The molecule has 1 aromatic rings. The van der Waals surface area contributed by atoms with Gasteiger partial charge in [0.15, 0.2) is 0 Å². The third-order valence-electron chi connectivity index (χ3n) is 2.22. The maximum atomic E-state index is 11.8. The van der Waals surface area contributed by atoms with E-state index < -0.39 is 12.0 Å². The number of thioether (sulfide) groups is 1. The summed E-state index contributed by atoms with van der Waals surface area (Å²) in [4.78, 5) is 22.7. The number of carbonyl (C=O) groups is 2. The molecule has 0 saturated carbocycles. The molecule has 0 aliphatic heterocycles. The molecule has 1 aromatic carbocycles. The van der Waals surface area contributed by atoms with E-state index in [0.717, 1.165) is 5.56 Å². The fourth-order valence-electron chi connectivity index (χ4n) is 1.37. The van der Waals surface area contributed by atoms with E-state index in [2.05, 4.69) is 5.32 Å². The van der Waals surface area contributed by atoms with Crippen LogP contribution in [0.1, 0.15) is 15.9 Å². The van der Waals surface area contributed by atoms with Crippen LogP contribution in [-0.2, 0) is 4.79 Å². The molecule has 0 aromatic heterocycles. The van der Waals surface area contributed by atoms with Crippen molar-refractivity contribution in [1.82, 2.24) is 5.32 Å². The summed E-state index contributed by atoms with van der Waals surface area (Å²) >= 11 is 1.38. The highest BCUT2D eigenvalue weighted by Gasteiger charge is 2.19. The van der Waals surface area contributed by atoms with E-state index in [4.69, 9.17) is 5.11 Å². The van der Waals surface area contributed by atoms with Crippen LogP contribution < -0.4 is 5.32 Å². The average molecular weight is 253 g/mol. The quantitative estimate of drug-likeness (QED) is 0.835. The molecular formula is C12H15NO3S. The standard InChI is InChI=1S/C12H15NO3S/c1-8-4-3-5-9(6-8)11(14)13-10(7-17-2)12(15)16/h3-6,10H,7H2,1-2H3,(H,13,14)(H,15,16). The summed E-state index contributed by atoms with van der Waals surface area (Å²) in [7, 11) is 0. The van der Waals surface area contributed by atoms with Crippen molar-refractivity contribution in [1.29, 1.82) is 0 Å². The maximum absolute atomic E-state index is 11.8. The summed E-state index contributed by atoms with van der Waals surface area (Å²) in [6, 6.07) is 6.20.